The summed E-state index contributed by atoms with van der Waals surface area (Å²) in [5, 5.41) is 15.7. The van der Waals surface area contributed by atoms with Crippen LogP contribution in [0.25, 0.3) is 22.0 Å². The first kappa shape index (κ1) is 20.5. The average Bonchev–Trinajstić information content (AvgIpc) is 2.70. The molecule has 3 aromatic carbocycles. The summed E-state index contributed by atoms with van der Waals surface area (Å²) in [5.74, 6) is -0.471. The number of carboxylic acid groups (broad SMARTS) is 1. The molecule has 0 saturated carbocycles. The molecule has 3 N–H and O–H groups in total. The number of fused-ring (bicyclic) bond motifs is 1. The Morgan fingerprint density at radius 3 is 2.21 bits per heavy atom. The number of nitrogens with two attached hydrogens (primary N) is 1. The Bertz CT molecular complexity index is 1170. The third kappa shape index (κ3) is 4.12. The summed E-state index contributed by atoms with van der Waals surface area (Å²) in [6, 6.07) is 23.1. The van der Waals surface area contributed by atoms with Gasteiger partial charge in [0.1, 0.15) is 0 Å². The Labute approximate surface area is 179 Å². The van der Waals surface area contributed by atoms with Gasteiger partial charge in [-0.05, 0) is 37.3 Å². The van der Waals surface area contributed by atoms with Crippen LogP contribution < -0.4 is 27.4 Å². The number of benzene rings is 3. The number of hydrogen-bond donors (Lipinski definition) is 2. The van der Waals surface area contributed by atoms with Crippen molar-refractivity contribution in [2.75, 3.05) is 5.73 Å². The van der Waals surface area contributed by atoms with Crippen LogP contribution in [0.2, 0.25) is 0 Å². The molecule has 146 valence electrons. The highest BCUT2D eigenvalue weighted by Gasteiger charge is 2.22. The average molecular weight is 450 g/mol. The smallest absolute Gasteiger partial charge is 0.335 e. The maximum Gasteiger partial charge on any atom is 0.335 e. The summed E-state index contributed by atoms with van der Waals surface area (Å²) in [6.45, 7) is 2.54. The minimum Gasteiger partial charge on any atom is -1.00 e. The number of nitrogen functional groups attached to an aromatic ring is 1. The fourth-order valence-corrected chi connectivity index (χ4v) is 3.34. The van der Waals surface area contributed by atoms with Gasteiger partial charge in [-0.1, -0.05) is 52.7 Å². The van der Waals surface area contributed by atoms with Crippen LogP contribution >= 0.6 is 0 Å². The molecule has 4 rings (SSSR count). The van der Waals surface area contributed by atoms with Crippen molar-refractivity contribution in [3.63, 3.8) is 0 Å². The summed E-state index contributed by atoms with van der Waals surface area (Å²) < 4.78 is 1.89. The summed E-state index contributed by atoms with van der Waals surface area (Å²) in [4.78, 5) is 11.1. The second-order valence-electron chi connectivity index (χ2n) is 6.81. The molecule has 4 aromatic rings. The summed E-state index contributed by atoms with van der Waals surface area (Å²) >= 11 is 0. The van der Waals surface area contributed by atoms with Gasteiger partial charge < -0.3 is 27.8 Å². The summed E-state index contributed by atoms with van der Waals surface area (Å²) in [6.07, 6.45) is 0. The number of aromatic carboxylic acids is 1. The second kappa shape index (κ2) is 8.41. The van der Waals surface area contributed by atoms with Crippen molar-refractivity contribution >= 4 is 22.6 Å². The van der Waals surface area contributed by atoms with Crippen molar-refractivity contribution in [1.29, 1.82) is 0 Å². The number of rotatable bonds is 4. The molecule has 0 fully saturated rings. The maximum atomic E-state index is 11.1. The topological polar surface area (TPSA) is 80.1 Å². The first-order chi connectivity index (χ1) is 13.5. The van der Waals surface area contributed by atoms with Crippen molar-refractivity contribution in [1.82, 2.24) is 5.10 Å². The Balaban J connectivity index is 0.00000240. The van der Waals surface area contributed by atoms with Crippen molar-refractivity contribution in [2.45, 2.75) is 13.5 Å². The van der Waals surface area contributed by atoms with Crippen LogP contribution in [0.15, 0.2) is 72.8 Å². The van der Waals surface area contributed by atoms with Gasteiger partial charge in [-0.2, -0.15) is 0 Å². The Morgan fingerprint density at radius 1 is 0.966 bits per heavy atom. The van der Waals surface area contributed by atoms with Crippen molar-refractivity contribution in [3.05, 3.63) is 89.5 Å². The minimum absolute atomic E-state index is 0. The second-order valence-corrected chi connectivity index (χ2v) is 6.81. The van der Waals surface area contributed by atoms with E-state index in [0.717, 1.165) is 27.6 Å². The molecule has 0 aliphatic carbocycles. The van der Waals surface area contributed by atoms with Gasteiger partial charge in [-0.15, -0.1) is 0 Å². The maximum absolute atomic E-state index is 11.1. The van der Waals surface area contributed by atoms with E-state index in [-0.39, 0.29) is 22.5 Å². The van der Waals surface area contributed by atoms with Crippen LogP contribution in [0.3, 0.4) is 0 Å². The van der Waals surface area contributed by atoms with E-state index in [9.17, 15) is 4.79 Å². The van der Waals surface area contributed by atoms with Crippen LogP contribution in [-0.2, 0) is 6.54 Å². The molecule has 0 bridgehead atoms. The molecule has 5 nitrogen and oxygen atoms in total. The number of aryl methyl sites for hydroxylation is 1. The highest BCUT2D eigenvalue weighted by molar-refractivity contribution is 5.98. The molecule has 1 aromatic heterocycles. The molecule has 0 aliphatic rings. The molecule has 0 amide bonds. The first-order valence-corrected chi connectivity index (χ1v) is 9.00. The van der Waals surface area contributed by atoms with E-state index in [2.05, 4.69) is 36.3 Å². The van der Waals surface area contributed by atoms with Gasteiger partial charge in [0, 0.05) is 21.6 Å². The van der Waals surface area contributed by atoms with Gasteiger partial charge in [-0.25, -0.2) is 4.79 Å². The van der Waals surface area contributed by atoms with Crippen LogP contribution in [-0.4, -0.2) is 16.2 Å². The Morgan fingerprint density at radius 2 is 1.59 bits per heavy atom. The molecule has 1 heterocycles. The van der Waals surface area contributed by atoms with Crippen LogP contribution in [0.5, 0.6) is 0 Å². The van der Waals surface area contributed by atoms with Crippen molar-refractivity contribution in [3.8, 4) is 11.3 Å². The number of carboxylic acids is 1. The quantitative estimate of drug-likeness (QED) is 0.452. The van der Waals surface area contributed by atoms with Gasteiger partial charge in [0.25, 0.3) is 0 Å². The first-order valence-electron chi connectivity index (χ1n) is 9.00. The summed E-state index contributed by atoms with van der Waals surface area (Å²) in [5.41, 5.74) is 10.7. The lowest BCUT2D eigenvalue weighted by Gasteiger charge is -2.08. The van der Waals surface area contributed by atoms with Gasteiger partial charge in [0.15, 0.2) is 12.4 Å². The van der Waals surface area contributed by atoms with E-state index in [0.29, 0.717) is 12.4 Å². The van der Waals surface area contributed by atoms with Crippen LogP contribution in [0.1, 0.15) is 21.5 Å². The number of hydrogen-bond acceptors (Lipinski definition) is 3. The zero-order valence-electron chi connectivity index (χ0n) is 15.8. The minimum atomic E-state index is -0.937. The number of anilines is 1. The van der Waals surface area contributed by atoms with E-state index in [4.69, 9.17) is 10.8 Å². The Hall–Kier alpha value is -3.25. The molecule has 0 radical (unpaired) electrons. The SMILES string of the molecule is Cc1ccc(-c2c3ccccc3c(N)n[n+]2Cc2ccc(C(=O)O)cc2)cc1.[Br-]. The van der Waals surface area contributed by atoms with E-state index in [1.165, 1.54) is 5.56 Å². The van der Waals surface area contributed by atoms with E-state index in [1.54, 1.807) is 12.1 Å². The third-order valence-corrected chi connectivity index (χ3v) is 4.80. The molecule has 0 saturated heterocycles. The molecule has 6 heteroatoms. The van der Waals surface area contributed by atoms with Crippen molar-refractivity contribution in [2.24, 2.45) is 0 Å². The molecule has 0 atom stereocenters. The number of carbonyl (C=O) groups is 1. The monoisotopic (exact) mass is 449 g/mol. The lowest BCUT2D eigenvalue weighted by atomic mass is 10.0. The lowest BCUT2D eigenvalue weighted by molar-refractivity contribution is -0.733. The van der Waals surface area contributed by atoms with E-state index in [1.807, 2.05) is 41.1 Å². The van der Waals surface area contributed by atoms with E-state index >= 15 is 0 Å². The van der Waals surface area contributed by atoms with Crippen molar-refractivity contribution < 1.29 is 31.6 Å². The highest BCUT2D eigenvalue weighted by atomic mass is 79.9. The number of halogens is 1. The van der Waals surface area contributed by atoms with Crippen LogP contribution in [0, 0.1) is 6.92 Å². The third-order valence-electron chi connectivity index (χ3n) is 4.80. The fourth-order valence-electron chi connectivity index (χ4n) is 3.34. The predicted octanol–water partition coefficient (Wildman–Crippen LogP) is 0.830. The zero-order valence-corrected chi connectivity index (χ0v) is 17.4. The largest absolute Gasteiger partial charge is 1.00 e. The standard InChI is InChI=1S/C23H19N3O2.BrH/c1-15-6-10-17(11-7-15)21-19-4-2-3-5-20(19)22(24)25-26(21)14-16-8-12-18(13-9-16)23(27)28;/h2-13H,14H2,1H3,(H2-,24,25,27,28);1H. The lowest BCUT2D eigenvalue weighted by Crippen LogP contribution is -3.00. The molecular weight excluding hydrogens is 430 g/mol. The van der Waals surface area contributed by atoms with Crippen LogP contribution in [0.4, 0.5) is 5.82 Å². The van der Waals surface area contributed by atoms with Gasteiger partial charge in [-0.3, -0.25) is 0 Å². The highest BCUT2D eigenvalue weighted by Crippen LogP contribution is 2.28. The zero-order chi connectivity index (χ0) is 19.7. The summed E-state index contributed by atoms with van der Waals surface area (Å²) in [7, 11) is 0. The Kier molecular flexibility index (Phi) is 5.94. The number of nitrogens with zero attached hydrogens (tertiary/aromatic N) is 2. The van der Waals surface area contributed by atoms with Gasteiger partial charge >= 0.3 is 5.97 Å². The van der Waals surface area contributed by atoms with Gasteiger partial charge in [0.2, 0.25) is 5.69 Å². The van der Waals surface area contributed by atoms with Gasteiger partial charge in [0.05, 0.1) is 10.9 Å². The fraction of sp³-hybridized carbons (Fsp3) is 0.0870. The molecule has 0 spiro atoms. The molecule has 0 aliphatic heterocycles. The number of aromatic nitrogens is 2. The normalized spacial score (nSPS) is 10.5. The van der Waals surface area contributed by atoms with E-state index < -0.39 is 5.97 Å². The molecule has 29 heavy (non-hydrogen) atoms. The molecule has 0 unspecified atom stereocenters. The predicted molar refractivity (Wildman–Crippen MR) is 109 cm³/mol. The molecular formula is C23H20BrN3O2.